The van der Waals surface area contributed by atoms with E-state index in [0.717, 1.165) is 5.56 Å². The van der Waals surface area contributed by atoms with E-state index in [9.17, 15) is 16.8 Å². The number of hydrogen-bond acceptors (Lipinski definition) is 4. The van der Waals surface area contributed by atoms with Crippen molar-refractivity contribution in [1.82, 2.24) is 4.72 Å². The number of halogens is 1. The summed E-state index contributed by atoms with van der Waals surface area (Å²) in [4.78, 5) is 0.158. The van der Waals surface area contributed by atoms with E-state index in [-0.39, 0.29) is 16.4 Å². The average Bonchev–Trinajstić information content (AvgIpc) is 2.54. The Morgan fingerprint density at radius 1 is 1.25 bits per heavy atom. The molecule has 0 saturated carbocycles. The normalized spacial score (nSPS) is 25.8. The van der Waals surface area contributed by atoms with Crippen LogP contribution in [-0.4, -0.2) is 39.8 Å². The fraction of sp³-hybridized carbons (Fsp3) is 0.500. The van der Waals surface area contributed by atoms with E-state index in [2.05, 4.69) is 4.72 Å². The third kappa shape index (κ3) is 3.33. The third-order valence-electron chi connectivity index (χ3n) is 3.22. The molecule has 1 aliphatic rings. The Kier molecular flexibility index (Phi) is 4.17. The molecule has 0 radical (unpaired) electrons. The minimum atomic E-state index is -3.78. The van der Waals surface area contributed by atoms with E-state index >= 15 is 0 Å². The van der Waals surface area contributed by atoms with Gasteiger partial charge >= 0.3 is 0 Å². The Labute approximate surface area is 124 Å². The zero-order chi connectivity index (χ0) is 15.1. The fourth-order valence-electron chi connectivity index (χ4n) is 2.17. The molecular formula is C12H16ClNO4S2. The molecule has 5 nitrogen and oxygen atoms in total. The van der Waals surface area contributed by atoms with Crippen LogP contribution in [0.1, 0.15) is 11.1 Å². The van der Waals surface area contributed by atoms with E-state index in [4.69, 9.17) is 11.6 Å². The molecule has 0 unspecified atom stereocenters. The molecule has 8 heteroatoms. The predicted molar refractivity (Wildman–Crippen MR) is 78.3 cm³/mol. The smallest absolute Gasteiger partial charge is 0.229 e. The highest BCUT2D eigenvalue weighted by molar-refractivity contribution is 7.92. The lowest BCUT2D eigenvalue weighted by Gasteiger charge is -2.16. The van der Waals surface area contributed by atoms with Gasteiger partial charge in [0.25, 0.3) is 0 Å². The van der Waals surface area contributed by atoms with Crippen LogP contribution in [-0.2, 0) is 19.9 Å². The van der Waals surface area contributed by atoms with Crippen LogP contribution in [0.2, 0.25) is 0 Å². The maximum absolute atomic E-state index is 12.4. The summed E-state index contributed by atoms with van der Waals surface area (Å²) in [7, 11) is -7.06. The lowest BCUT2D eigenvalue weighted by molar-refractivity contribution is 0.563. The lowest BCUT2D eigenvalue weighted by Crippen LogP contribution is -2.40. The van der Waals surface area contributed by atoms with Gasteiger partial charge in [-0.05, 0) is 31.0 Å². The monoisotopic (exact) mass is 337 g/mol. The molecular weight excluding hydrogens is 322 g/mol. The van der Waals surface area contributed by atoms with Crippen LogP contribution in [0, 0.1) is 13.8 Å². The van der Waals surface area contributed by atoms with Gasteiger partial charge in [-0.15, -0.1) is 11.6 Å². The van der Waals surface area contributed by atoms with Gasteiger partial charge in [0.05, 0.1) is 27.8 Å². The first-order valence-corrected chi connectivity index (χ1v) is 9.79. The molecule has 1 aliphatic heterocycles. The van der Waals surface area contributed by atoms with Crippen molar-refractivity contribution in [2.75, 3.05) is 11.5 Å². The Bertz CT molecular complexity index is 728. The molecule has 1 aromatic rings. The van der Waals surface area contributed by atoms with Gasteiger partial charge in [-0.3, -0.25) is 0 Å². The second-order valence-electron chi connectivity index (χ2n) is 5.09. The van der Waals surface area contributed by atoms with Crippen molar-refractivity contribution in [2.45, 2.75) is 30.2 Å². The summed E-state index contributed by atoms with van der Waals surface area (Å²) in [5.41, 5.74) is 1.42. The standard InChI is InChI=1S/C12H16ClNO4S2/c1-8-3-4-9(2)12(5-8)20(17,18)14-11-7-19(15,16)6-10(11)13/h3-5,10-11,14H,6-7H2,1-2H3/t10-,11-/m0/s1. The van der Waals surface area contributed by atoms with Crippen LogP contribution in [0.15, 0.2) is 23.1 Å². The van der Waals surface area contributed by atoms with Crippen molar-refractivity contribution in [3.8, 4) is 0 Å². The maximum Gasteiger partial charge on any atom is 0.241 e. The minimum absolute atomic E-state index is 0.158. The molecule has 112 valence electrons. The van der Waals surface area contributed by atoms with Crippen LogP contribution >= 0.6 is 11.6 Å². The number of hydrogen-bond donors (Lipinski definition) is 1. The third-order valence-corrected chi connectivity index (χ3v) is 7.23. The highest BCUT2D eigenvalue weighted by atomic mass is 35.5. The maximum atomic E-state index is 12.4. The largest absolute Gasteiger partial charge is 0.241 e. The Morgan fingerprint density at radius 2 is 1.90 bits per heavy atom. The lowest BCUT2D eigenvalue weighted by atomic mass is 10.2. The van der Waals surface area contributed by atoms with Crippen molar-refractivity contribution >= 4 is 31.5 Å². The van der Waals surface area contributed by atoms with Gasteiger partial charge in [0.2, 0.25) is 10.0 Å². The summed E-state index contributed by atoms with van der Waals surface area (Å²) >= 11 is 5.92. The van der Waals surface area contributed by atoms with Gasteiger partial charge < -0.3 is 0 Å². The van der Waals surface area contributed by atoms with Crippen molar-refractivity contribution in [3.63, 3.8) is 0 Å². The Morgan fingerprint density at radius 3 is 2.45 bits per heavy atom. The van der Waals surface area contributed by atoms with Gasteiger partial charge in [0.1, 0.15) is 0 Å². The van der Waals surface area contributed by atoms with Crippen LogP contribution in [0.3, 0.4) is 0 Å². The zero-order valence-corrected chi connectivity index (χ0v) is 13.5. The zero-order valence-electron chi connectivity index (χ0n) is 11.1. The van der Waals surface area contributed by atoms with Gasteiger partial charge in [-0.25, -0.2) is 21.6 Å². The van der Waals surface area contributed by atoms with Crippen molar-refractivity contribution in [2.24, 2.45) is 0 Å². The molecule has 0 bridgehead atoms. The van der Waals surface area contributed by atoms with Gasteiger partial charge in [0.15, 0.2) is 9.84 Å². The Hall–Kier alpha value is -0.630. The van der Waals surface area contributed by atoms with Crippen molar-refractivity contribution in [1.29, 1.82) is 0 Å². The van der Waals surface area contributed by atoms with Crippen LogP contribution < -0.4 is 4.72 Å². The fourth-order valence-corrected chi connectivity index (χ4v) is 6.51. The van der Waals surface area contributed by atoms with E-state index in [1.165, 1.54) is 0 Å². The number of aryl methyl sites for hydroxylation is 2. The van der Waals surface area contributed by atoms with E-state index in [1.807, 2.05) is 6.07 Å². The molecule has 2 rings (SSSR count). The summed E-state index contributed by atoms with van der Waals surface area (Å²) in [6.07, 6.45) is 0. The summed E-state index contributed by atoms with van der Waals surface area (Å²) in [5, 5.41) is -0.736. The number of sulfone groups is 1. The second-order valence-corrected chi connectivity index (χ2v) is 9.49. The van der Waals surface area contributed by atoms with E-state index in [0.29, 0.717) is 5.56 Å². The van der Waals surface area contributed by atoms with Gasteiger partial charge in [0, 0.05) is 0 Å². The summed E-state index contributed by atoms with van der Waals surface area (Å²) in [6, 6.07) is 4.31. The molecule has 0 aliphatic carbocycles. The molecule has 1 heterocycles. The predicted octanol–water partition coefficient (Wildman–Crippen LogP) is 0.986. The Balaban J connectivity index is 2.31. The molecule has 1 N–H and O–H groups in total. The molecule has 1 aromatic carbocycles. The molecule has 1 saturated heterocycles. The molecule has 0 aromatic heterocycles. The molecule has 20 heavy (non-hydrogen) atoms. The first-order chi connectivity index (χ1) is 9.11. The first kappa shape index (κ1) is 15.8. The number of sulfonamides is 1. The first-order valence-electron chi connectivity index (χ1n) is 6.05. The van der Waals surface area contributed by atoms with Crippen LogP contribution in [0.4, 0.5) is 0 Å². The summed E-state index contributed by atoms with van der Waals surface area (Å²) in [6.45, 7) is 3.49. The number of rotatable bonds is 3. The highest BCUT2D eigenvalue weighted by Crippen LogP contribution is 2.22. The topological polar surface area (TPSA) is 80.3 Å². The highest BCUT2D eigenvalue weighted by Gasteiger charge is 2.39. The number of benzene rings is 1. The van der Waals surface area contributed by atoms with Gasteiger partial charge in [-0.2, -0.15) is 0 Å². The number of nitrogens with one attached hydrogen (secondary N) is 1. The average molecular weight is 338 g/mol. The molecule has 1 fully saturated rings. The quantitative estimate of drug-likeness (QED) is 0.834. The SMILES string of the molecule is Cc1ccc(C)c(S(=O)(=O)N[C@H]2CS(=O)(=O)C[C@@H]2Cl)c1. The number of alkyl halides is 1. The molecule has 0 spiro atoms. The molecule has 2 atom stereocenters. The van der Waals surface area contributed by atoms with Crippen molar-refractivity contribution in [3.05, 3.63) is 29.3 Å². The summed E-state index contributed by atoms with van der Waals surface area (Å²) < 4.78 is 50.1. The van der Waals surface area contributed by atoms with Gasteiger partial charge in [-0.1, -0.05) is 12.1 Å². The van der Waals surface area contributed by atoms with Crippen LogP contribution in [0.5, 0.6) is 0 Å². The van der Waals surface area contributed by atoms with E-state index in [1.54, 1.807) is 26.0 Å². The van der Waals surface area contributed by atoms with E-state index < -0.39 is 31.3 Å². The molecule has 0 amide bonds. The van der Waals surface area contributed by atoms with Crippen LogP contribution in [0.25, 0.3) is 0 Å². The van der Waals surface area contributed by atoms with Crippen molar-refractivity contribution < 1.29 is 16.8 Å². The second kappa shape index (κ2) is 5.29. The summed E-state index contributed by atoms with van der Waals surface area (Å²) in [5.74, 6) is -0.459. The minimum Gasteiger partial charge on any atom is -0.229 e.